The second kappa shape index (κ2) is 7.90. The summed E-state index contributed by atoms with van der Waals surface area (Å²) >= 11 is 0. The van der Waals surface area contributed by atoms with Crippen LogP contribution in [0, 0.1) is 11.8 Å². The Bertz CT molecular complexity index is 592. The fourth-order valence-electron chi connectivity index (χ4n) is 3.76. The van der Waals surface area contributed by atoms with Gasteiger partial charge in [-0.05, 0) is 43.6 Å². The molecule has 5 nitrogen and oxygen atoms in total. The lowest BCUT2D eigenvalue weighted by molar-refractivity contribution is -0.0876. The summed E-state index contributed by atoms with van der Waals surface area (Å²) in [5, 5.41) is 4.54. The van der Waals surface area contributed by atoms with Crippen molar-refractivity contribution in [2.75, 3.05) is 13.1 Å². The second-order valence-corrected chi connectivity index (χ2v) is 8.23. The highest BCUT2D eigenvalue weighted by atomic mass is 16.5. The molecule has 1 saturated carbocycles. The monoisotopic (exact) mass is 347 g/mol. The molecule has 2 fully saturated rings. The predicted molar refractivity (Wildman–Crippen MR) is 98.6 cm³/mol. The highest BCUT2D eigenvalue weighted by Gasteiger charge is 2.40. The molecule has 1 saturated heterocycles. The number of carbonyl (C=O) groups is 1. The van der Waals surface area contributed by atoms with Gasteiger partial charge in [0.05, 0.1) is 17.9 Å². The van der Waals surface area contributed by atoms with Gasteiger partial charge in [0, 0.05) is 20.1 Å². The Labute approximate surface area is 151 Å². The topological polar surface area (TPSA) is 47.4 Å². The van der Waals surface area contributed by atoms with Crippen molar-refractivity contribution >= 4 is 5.91 Å². The van der Waals surface area contributed by atoms with E-state index in [9.17, 15) is 4.79 Å². The normalized spacial score (nSPS) is 24.1. The van der Waals surface area contributed by atoms with Crippen LogP contribution in [0.15, 0.2) is 6.07 Å². The van der Waals surface area contributed by atoms with Gasteiger partial charge in [0.25, 0.3) is 5.91 Å². The Kier molecular flexibility index (Phi) is 5.82. The first kappa shape index (κ1) is 18.4. The number of hydrogen-bond acceptors (Lipinski definition) is 3. The summed E-state index contributed by atoms with van der Waals surface area (Å²) in [6.07, 6.45) is 7.20. The minimum Gasteiger partial charge on any atom is -0.371 e. The maximum atomic E-state index is 13.1. The first-order chi connectivity index (χ1) is 12.0. The molecular weight excluding hydrogens is 314 g/mol. The van der Waals surface area contributed by atoms with Crippen LogP contribution in [-0.2, 0) is 18.2 Å². The Hall–Kier alpha value is -1.36. The number of rotatable bonds is 7. The molecule has 2 heterocycles. The van der Waals surface area contributed by atoms with E-state index in [1.807, 2.05) is 18.0 Å². The number of nitrogens with zero attached hydrogens (tertiary/aromatic N) is 3. The fourth-order valence-corrected chi connectivity index (χ4v) is 3.76. The van der Waals surface area contributed by atoms with Crippen molar-refractivity contribution < 1.29 is 9.53 Å². The van der Waals surface area contributed by atoms with Gasteiger partial charge in [-0.15, -0.1) is 0 Å². The summed E-state index contributed by atoms with van der Waals surface area (Å²) in [7, 11) is 1.88. The lowest BCUT2D eigenvalue weighted by Gasteiger charge is -2.38. The number of morpholine rings is 1. The zero-order chi connectivity index (χ0) is 18.0. The number of aromatic nitrogens is 2. The number of ether oxygens (including phenoxy) is 1. The average Bonchev–Trinajstić information content (AvgIpc) is 3.36. The van der Waals surface area contributed by atoms with E-state index in [-0.39, 0.29) is 18.1 Å². The number of carbonyl (C=O) groups excluding carboxylic acids is 1. The molecule has 1 aromatic rings. The summed E-state index contributed by atoms with van der Waals surface area (Å²) < 4.78 is 8.05. The van der Waals surface area contributed by atoms with Gasteiger partial charge in [0.15, 0.2) is 0 Å². The average molecular weight is 348 g/mol. The number of unbranched alkanes of at least 4 members (excludes halogenated alkanes) is 1. The molecule has 2 atom stereocenters. The summed E-state index contributed by atoms with van der Waals surface area (Å²) in [6, 6.07) is 1.98. The quantitative estimate of drug-likeness (QED) is 0.759. The van der Waals surface area contributed by atoms with Crippen LogP contribution in [0.25, 0.3) is 0 Å². The minimum absolute atomic E-state index is 0.112. The summed E-state index contributed by atoms with van der Waals surface area (Å²) in [6.45, 7) is 8.01. The summed E-state index contributed by atoms with van der Waals surface area (Å²) in [4.78, 5) is 15.2. The molecule has 2 aliphatic rings. The molecule has 0 N–H and O–H groups in total. The Morgan fingerprint density at radius 1 is 1.36 bits per heavy atom. The van der Waals surface area contributed by atoms with Gasteiger partial charge in [-0.2, -0.15) is 5.10 Å². The third-order valence-corrected chi connectivity index (χ3v) is 5.27. The SMILES string of the molecule is CCCC[C@@H]1CN(C(=O)c2cc(CC(C)C)nn2C)C[C@H](C2CC2)O1. The largest absolute Gasteiger partial charge is 0.371 e. The van der Waals surface area contributed by atoms with Gasteiger partial charge >= 0.3 is 0 Å². The molecule has 0 bridgehead atoms. The van der Waals surface area contributed by atoms with Crippen molar-refractivity contribution in [3.63, 3.8) is 0 Å². The van der Waals surface area contributed by atoms with E-state index >= 15 is 0 Å². The fraction of sp³-hybridized carbons (Fsp3) is 0.800. The maximum absolute atomic E-state index is 13.1. The number of amides is 1. The van der Waals surface area contributed by atoms with Crippen molar-refractivity contribution in [1.82, 2.24) is 14.7 Å². The van der Waals surface area contributed by atoms with Crippen LogP contribution in [0.3, 0.4) is 0 Å². The highest BCUT2D eigenvalue weighted by molar-refractivity contribution is 5.92. The van der Waals surface area contributed by atoms with E-state index in [0.717, 1.165) is 31.5 Å². The molecule has 25 heavy (non-hydrogen) atoms. The first-order valence-electron chi connectivity index (χ1n) is 9.95. The van der Waals surface area contributed by atoms with E-state index in [1.54, 1.807) is 4.68 Å². The second-order valence-electron chi connectivity index (χ2n) is 8.23. The summed E-state index contributed by atoms with van der Waals surface area (Å²) in [5.74, 6) is 1.31. The molecule has 3 rings (SSSR count). The van der Waals surface area contributed by atoms with Gasteiger partial charge < -0.3 is 9.64 Å². The number of hydrogen-bond donors (Lipinski definition) is 0. The molecule has 1 aromatic heterocycles. The van der Waals surface area contributed by atoms with Crippen LogP contribution in [0.4, 0.5) is 0 Å². The molecule has 140 valence electrons. The van der Waals surface area contributed by atoms with Crippen LogP contribution in [0.2, 0.25) is 0 Å². The van der Waals surface area contributed by atoms with Gasteiger partial charge in [-0.3, -0.25) is 9.48 Å². The Morgan fingerprint density at radius 2 is 2.12 bits per heavy atom. The standard InChI is InChI=1S/C20H33N3O2/c1-5-6-7-17-12-23(13-19(25-17)15-8-9-15)20(24)18-11-16(10-14(2)3)21-22(18)4/h11,14-15,17,19H,5-10,12-13H2,1-4H3/t17-,19-/m1/s1. The Morgan fingerprint density at radius 3 is 2.76 bits per heavy atom. The van der Waals surface area contributed by atoms with E-state index in [1.165, 1.54) is 19.3 Å². The first-order valence-corrected chi connectivity index (χ1v) is 9.95. The molecule has 0 spiro atoms. The third-order valence-electron chi connectivity index (χ3n) is 5.27. The molecule has 0 aromatic carbocycles. The van der Waals surface area contributed by atoms with Crippen LogP contribution in [0.1, 0.15) is 69.1 Å². The van der Waals surface area contributed by atoms with Crippen molar-refractivity contribution in [3.8, 4) is 0 Å². The van der Waals surface area contributed by atoms with Crippen molar-refractivity contribution in [1.29, 1.82) is 0 Å². The third kappa shape index (κ3) is 4.63. The van der Waals surface area contributed by atoms with Crippen LogP contribution in [-0.4, -0.2) is 45.9 Å². The smallest absolute Gasteiger partial charge is 0.272 e. The minimum atomic E-state index is 0.112. The zero-order valence-corrected chi connectivity index (χ0v) is 16.2. The van der Waals surface area contributed by atoms with Crippen molar-refractivity contribution in [2.24, 2.45) is 18.9 Å². The van der Waals surface area contributed by atoms with Crippen LogP contribution < -0.4 is 0 Å². The molecule has 1 amide bonds. The van der Waals surface area contributed by atoms with E-state index in [4.69, 9.17) is 4.74 Å². The van der Waals surface area contributed by atoms with E-state index < -0.39 is 0 Å². The molecule has 5 heteroatoms. The van der Waals surface area contributed by atoms with Gasteiger partial charge in [0.2, 0.25) is 0 Å². The van der Waals surface area contributed by atoms with Crippen molar-refractivity contribution in [2.45, 2.75) is 71.5 Å². The summed E-state index contributed by atoms with van der Waals surface area (Å²) in [5.41, 5.74) is 1.72. The Balaban J connectivity index is 1.71. The van der Waals surface area contributed by atoms with Gasteiger partial charge in [0.1, 0.15) is 5.69 Å². The van der Waals surface area contributed by atoms with E-state index in [0.29, 0.717) is 24.1 Å². The number of aryl methyl sites for hydroxylation is 1. The zero-order valence-electron chi connectivity index (χ0n) is 16.2. The van der Waals surface area contributed by atoms with Gasteiger partial charge in [-0.1, -0.05) is 33.6 Å². The van der Waals surface area contributed by atoms with E-state index in [2.05, 4.69) is 25.9 Å². The molecule has 0 unspecified atom stereocenters. The molecular formula is C20H33N3O2. The van der Waals surface area contributed by atoms with Crippen molar-refractivity contribution in [3.05, 3.63) is 17.5 Å². The van der Waals surface area contributed by atoms with Gasteiger partial charge in [-0.25, -0.2) is 0 Å². The molecule has 0 radical (unpaired) electrons. The predicted octanol–water partition coefficient (Wildman–Crippen LogP) is 3.43. The lowest BCUT2D eigenvalue weighted by Crippen LogP contribution is -2.51. The molecule has 1 aliphatic carbocycles. The van der Waals surface area contributed by atoms with Crippen LogP contribution >= 0.6 is 0 Å². The lowest BCUT2D eigenvalue weighted by atomic mass is 10.1. The maximum Gasteiger partial charge on any atom is 0.272 e. The molecule has 1 aliphatic heterocycles. The highest BCUT2D eigenvalue weighted by Crippen LogP contribution is 2.37. The van der Waals surface area contributed by atoms with Crippen LogP contribution in [0.5, 0.6) is 0 Å².